The fraction of sp³-hybridized carbons (Fsp3) is 0.304. The van der Waals surface area contributed by atoms with E-state index in [4.69, 9.17) is 9.47 Å². The van der Waals surface area contributed by atoms with E-state index in [1.54, 1.807) is 24.2 Å². The summed E-state index contributed by atoms with van der Waals surface area (Å²) in [6.07, 6.45) is 3.38. The molecule has 4 rings (SSSR count). The Balaban J connectivity index is 1.35. The van der Waals surface area contributed by atoms with Crippen molar-refractivity contribution < 1.29 is 14.3 Å². The number of benzene rings is 2. The number of nitrogens with zero attached hydrogens (tertiary/aromatic N) is 3. The maximum absolute atomic E-state index is 12.6. The molecule has 0 aliphatic carbocycles. The Morgan fingerprint density at radius 3 is 2.90 bits per heavy atom. The van der Waals surface area contributed by atoms with Gasteiger partial charge in [-0.05, 0) is 25.1 Å². The number of amides is 1. The molecule has 0 radical (unpaired) electrons. The predicted molar refractivity (Wildman–Crippen MR) is 114 cm³/mol. The van der Waals surface area contributed by atoms with E-state index in [1.807, 2.05) is 42.5 Å². The fourth-order valence-corrected chi connectivity index (χ4v) is 3.66. The minimum Gasteiger partial charge on any atom is -0.494 e. The van der Waals surface area contributed by atoms with Crippen LogP contribution in [0, 0.1) is 0 Å². The molecule has 2 heterocycles. The van der Waals surface area contributed by atoms with Crippen molar-refractivity contribution in [1.29, 1.82) is 0 Å². The molecule has 3 aromatic rings. The number of carbonyl (C=O) groups is 1. The molecule has 1 aliphatic rings. The van der Waals surface area contributed by atoms with Crippen LogP contribution in [0.15, 0.2) is 60.9 Å². The molecule has 156 valence electrons. The van der Waals surface area contributed by atoms with Gasteiger partial charge in [-0.15, -0.1) is 0 Å². The first-order valence-corrected chi connectivity index (χ1v) is 10.1. The smallest absolute Gasteiger partial charge is 0.254 e. The van der Waals surface area contributed by atoms with Gasteiger partial charge in [0.15, 0.2) is 0 Å². The van der Waals surface area contributed by atoms with Crippen LogP contribution in [0.1, 0.15) is 22.8 Å². The largest absolute Gasteiger partial charge is 0.494 e. The van der Waals surface area contributed by atoms with Crippen molar-refractivity contribution in [2.24, 2.45) is 0 Å². The Hall–Kier alpha value is -3.32. The molecule has 0 saturated carbocycles. The lowest BCUT2D eigenvalue weighted by atomic mass is 10.2. The van der Waals surface area contributed by atoms with E-state index < -0.39 is 0 Å². The lowest BCUT2D eigenvalue weighted by Crippen LogP contribution is -2.37. The molecule has 0 spiro atoms. The maximum atomic E-state index is 12.6. The fourth-order valence-electron chi connectivity index (χ4n) is 3.66. The van der Waals surface area contributed by atoms with Crippen molar-refractivity contribution in [2.45, 2.75) is 19.6 Å². The van der Waals surface area contributed by atoms with E-state index in [1.165, 1.54) is 5.56 Å². The van der Waals surface area contributed by atoms with Crippen LogP contribution in [0.2, 0.25) is 0 Å². The minimum atomic E-state index is -0.143. The summed E-state index contributed by atoms with van der Waals surface area (Å²) in [6.45, 7) is 4.99. The normalized spacial score (nSPS) is 16.3. The number of hydrogen-bond donors (Lipinski definition) is 1. The van der Waals surface area contributed by atoms with Crippen LogP contribution in [0.4, 0.5) is 0 Å². The third-order valence-corrected chi connectivity index (χ3v) is 5.10. The zero-order valence-electron chi connectivity index (χ0n) is 17.2. The Bertz CT molecular complexity index is 1020. The minimum absolute atomic E-state index is 0.100. The van der Waals surface area contributed by atoms with E-state index in [0.717, 1.165) is 31.1 Å². The molecule has 1 atom stereocenters. The van der Waals surface area contributed by atoms with Crippen LogP contribution in [0.3, 0.4) is 0 Å². The summed E-state index contributed by atoms with van der Waals surface area (Å²) in [5, 5.41) is 7.30. The molecule has 7 nitrogen and oxygen atoms in total. The Morgan fingerprint density at radius 2 is 2.03 bits per heavy atom. The van der Waals surface area contributed by atoms with Crippen LogP contribution in [0.5, 0.6) is 11.5 Å². The van der Waals surface area contributed by atoms with Gasteiger partial charge in [-0.3, -0.25) is 9.69 Å². The van der Waals surface area contributed by atoms with Crippen LogP contribution >= 0.6 is 0 Å². The average molecular weight is 406 g/mol. The van der Waals surface area contributed by atoms with Crippen molar-refractivity contribution in [3.8, 4) is 17.2 Å². The van der Waals surface area contributed by atoms with Crippen LogP contribution in [0.25, 0.3) is 5.69 Å². The molecule has 0 bridgehead atoms. The van der Waals surface area contributed by atoms with E-state index in [2.05, 4.69) is 28.3 Å². The van der Waals surface area contributed by atoms with Crippen LogP contribution in [-0.4, -0.2) is 53.4 Å². The highest BCUT2D eigenvalue weighted by Gasteiger charge is 2.20. The van der Waals surface area contributed by atoms with E-state index in [0.29, 0.717) is 17.9 Å². The van der Waals surface area contributed by atoms with E-state index in [9.17, 15) is 4.79 Å². The molecular formula is C23H26N4O3. The summed E-state index contributed by atoms with van der Waals surface area (Å²) >= 11 is 0. The topological polar surface area (TPSA) is 68.6 Å². The number of methoxy groups -OCH3 is 1. The highest BCUT2D eigenvalue weighted by molar-refractivity contribution is 5.93. The summed E-state index contributed by atoms with van der Waals surface area (Å²) in [6, 6.07) is 15.7. The van der Waals surface area contributed by atoms with Gasteiger partial charge >= 0.3 is 0 Å². The number of hydrogen-bond acceptors (Lipinski definition) is 5. The molecule has 2 aromatic carbocycles. The first-order valence-electron chi connectivity index (χ1n) is 10.1. The lowest BCUT2D eigenvalue weighted by Gasteiger charge is -2.21. The van der Waals surface area contributed by atoms with Gasteiger partial charge in [0.25, 0.3) is 5.91 Å². The zero-order chi connectivity index (χ0) is 20.9. The first kappa shape index (κ1) is 20.0. The van der Waals surface area contributed by atoms with Gasteiger partial charge in [0.2, 0.25) is 0 Å². The van der Waals surface area contributed by atoms with Crippen molar-refractivity contribution >= 4 is 5.91 Å². The molecule has 1 amide bonds. The zero-order valence-corrected chi connectivity index (χ0v) is 17.2. The standard InChI is InChI=1S/C23H26N4O3/c1-17-14-26(15-18-7-3-5-9-21(18)30-17)12-11-24-23(28)19-13-25-27(16-19)20-8-4-6-10-22(20)29-2/h3-10,13,16-17H,11-12,14-15H2,1-2H3,(H,24,28)/t17-/m0/s1. The molecule has 0 fully saturated rings. The molecule has 0 unspecified atom stereocenters. The third-order valence-electron chi connectivity index (χ3n) is 5.10. The van der Waals surface area contributed by atoms with Crippen molar-refractivity contribution in [1.82, 2.24) is 20.0 Å². The SMILES string of the molecule is COc1ccccc1-n1cc(C(=O)NCCN2Cc3ccccc3O[C@@H](C)C2)cn1. The van der Waals surface area contributed by atoms with Gasteiger partial charge in [0.1, 0.15) is 23.3 Å². The molecule has 30 heavy (non-hydrogen) atoms. The van der Waals surface area contributed by atoms with Crippen LogP contribution < -0.4 is 14.8 Å². The highest BCUT2D eigenvalue weighted by atomic mass is 16.5. The summed E-state index contributed by atoms with van der Waals surface area (Å²) in [5.41, 5.74) is 2.47. The van der Waals surface area contributed by atoms with Gasteiger partial charge in [-0.2, -0.15) is 5.10 Å². The Morgan fingerprint density at radius 1 is 1.23 bits per heavy atom. The van der Waals surface area contributed by atoms with Gasteiger partial charge in [-0.25, -0.2) is 4.68 Å². The molecule has 0 saturated heterocycles. The number of carbonyl (C=O) groups excluding carboxylic acids is 1. The van der Waals surface area contributed by atoms with Gasteiger partial charge < -0.3 is 14.8 Å². The van der Waals surface area contributed by atoms with Crippen molar-refractivity contribution in [3.05, 3.63) is 72.1 Å². The third kappa shape index (κ3) is 4.46. The molecule has 1 aliphatic heterocycles. The maximum Gasteiger partial charge on any atom is 0.254 e. The molecule has 1 aromatic heterocycles. The number of para-hydroxylation sites is 3. The molecular weight excluding hydrogens is 380 g/mol. The second-order valence-electron chi connectivity index (χ2n) is 7.37. The lowest BCUT2D eigenvalue weighted by molar-refractivity contribution is 0.0944. The number of rotatable bonds is 6. The Labute approximate surface area is 176 Å². The Kier molecular flexibility index (Phi) is 5.99. The van der Waals surface area contributed by atoms with Crippen LogP contribution in [-0.2, 0) is 6.54 Å². The molecule has 7 heteroatoms. The number of fused-ring (bicyclic) bond motifs is 1. The number of aromatic nitrogens is 2. The summed E-state index contributed by atoms with van der Waals surface area (Å²) in [4.78, 5) is 14.9. The first-order chi connectivity index (χ1) is 14.6. The van der Waals surface area contributed by atoms with Gasteiger partial charge in [0.05, 0.1) is 18.9 Å². The highest BCUT2D eigenvalue weighted by Crippen LogP contribution is 2.24. The number of nitrogens with one attached hydrogen (secondary N) is 1. The van der Waals surface area contributed by atoms with Crippen molar-refractivity contribution in [3.63, 3.8) is 0 Å². The number of ether oxygens (including phenoxy) is 2. The second-order valence-corrected chi connectivity index (χ2v) is 7.37. The quantitative estimate of drug-likeness (QED) is 0.682. The summed E-state index contributed by atoms with van der Waals surface area (Å²) in [5.74, 6) is 1.50. The summed E-state index contributed by atoms with van der Waals surface area (Å²) in [7, 11) is 1.61. The second kappa shape index (κ2) is 9.00. The average Bonchev–Trinajstić information content (AvgIpc) is 3.18. The molecule has 1 N–H and O–H groups in total. The van der Waals surface area contributed by atoms with Gasteiger partial charge in [-0.1, -0.05) is 30.3 Å². The van der Waals surface area contributed by atoms with Gasteiger partial charge in [0, 0.05) is 37.9 Å². The van der Waals surface area contributed by atoms with Crippen molar-refractivity contribution in [2.75, 3.05) is 26.7 Å². The predicted octanol–water partition coefficient (Wildman–Crippen LogP) is 2.89. The summed E-state index contributed by atoms with van der Waals surface area (Å²) < 4.78 is 13.0. The monoisotopic (exact) mass is 406 g/mol. The van der Waals surface area contributed by atoms with E-state index >= 15 is 0 Å². The van der Waals surface area contributed by atoms with E-state index in [-0.39, 0.29) is 12.0 Å².